The van der Waals surface area contributed by atoms with Crippen LogP contribution in [0.25, 0.3) is 0 Å². The van der Waals surface area contributed by atoms with E-state index >= 15 is 0 Å². The molecule has 0 amide bonds. The maximum absolute atomic E-state index is 5.91. The Hall–Kier alpha value is -1.62. The molecule has 1 aliphatic heterocycles. The van der Waals surface area contributed by atoms with Crippen LogP contribution < -0.4 is 10.7 Å². The van der Waals surface area contributed by atoms with Crippen molar-refractivity contribution in [3.05, 3.63) is 91.0 Å². The van der Waals surface area contributed by atoms with E-state index < -0.39 is 18.4 Å². The van der Waals surface area contributed by atoms with E-state index in [1.165, 1.54) is 17.2 Å². The predicted molar refractivity (Wildman–Crippen MR) is 111 cm³/mol. The first-order valence-electron chi connectivity index (χ1n) is 9.89. The van der Waals surface area contributed by atoms with Crippen LogP contribution in [0.15, 0.2) is 91.0 Å². The molecule has 3 aromatic carbocycles. The third-order valence-electron chi connectivity index (χ3n) is 6.27. The van der Waals surface area contributed by atoms with Crippen molar-refractivity contribution in [2.75, 3.05) is 0 Å². The van der Waals surface area contributed by atoms with Crippen molar-refractivity contribution in [2.24, 2.45) is 0 Å². The topological polar surface area (TPSA) is 18.5 Å². The summed E-state index contributed by atoms with van der Waals surface area (Å²) < 4.78 is 5.00. The Balaban J connectivity index is 1.83. The Bertz CT molecular complexity index is 769. The van der Waals surface area contributed by atoms with E-state index in [2.05, 4.69) is 91.0 Å². The first-order chi connectivity index (χ1) is 13.4. The summed E-state index contributed by atoms with van der Waals surface area (Å²) in [6, 6.07) is 33.6. The molecule has 0 spiro atoms. The van der Waals surface area contributed by atoms with Crippen molar-refractivity contribution >= 4 is 29.1 Å². The molecule has 1 unspecified atom stereocenters. The molecule has 3 heteroatoms. The van der Waals surface area contributed by atoms with Crippen molar-refractivity contribution in [2.45, 2.75) is 35.4 Å². The monoisotopic (exact) mass is 464 g/mol. The Morgan fingerprint density at radius 1 is 0.556 bits per heavy atom. The van der Waals surface area contributed by atoms with Gasteiger partial charge in [-0.3, -0.25) is 0 Å². The summed E-state index contributed by atoms with van der Waals surface area (Å²) in [4.78, 5) is 11.8. The zero-order chi connectivity index (χ0) is 18.1. The van der Waals surface area contributed by atoms with Gasteiger partial charge in [0.1, 0.15) is 0 Å². The first kappa shape index (κ1) is 17.5. The van der Waals surface area contributed by atoms with Crippen molar-refractivity contribution in [3.63, 3.8) is 0 Å². The summed E-state index contributed by atoms with van der Waals surface area (Å²) in [6.45, 7) is 0. The molecule has 2 aliphatic rings. The molecule has 5 rings (SSSR count). The molecule has 0 radical (unpaired) electrons. The summed E-state index contributed by atoms with van der Waals surface area (Å²) in [5.74, 6) is 0. The minimum absolute atomic E-state index is 0.208. The van der Waals surface area contributed by atoms with Gasteiger partial charge in [-0.25, -0.2) is 0 Å². The normalized spacial score (nSPS) is 24.7. The van der Waals surface area contributed by atoms with Gasteiger partial charge in [0.05, 0.1) is 0 Å². The SMILES string of the molecule is c1cc[c]([Sn]([c]2ccccc2)([c]2ccccc2)[CH]2[C@@H]3CCC[C@H]2OO3)cc1. The predicted octanol–water partition coefficient (Wildman–Crippen LogP) is 3.41. The van der Waals surface area contributed by atoms with Gasteiger partial charge in [0, 0.05) is 0 Å². The van der Waals surface area contributed by atoms with Crippen molar-refractivity contribution in [1.29, 1.82) is 0 Å². The molecule has 2 fully saturated rings. The second-order valence-electron chi connectivity index (χ2n) is 7.63. The standard InChI is InChI=1S/C6H9O2.3C6H5.Sn/c1-2-5-4-6(3-1)8-7-5;3*1-2-4-6-5-3-1;/h4-6H,1-3H2;3*1-5H;/t5-,6+;;;;. The number of hydrogen-bond donors (Lipinski definition) is 0. The van der Waals surface area contributed by atoms with E-state index in [0.717, 1.165) is 12.8 Å². The zero-order valence-electron chi connectivity index (χ0n) is 15.3. The minimum atomic E-state index is -3.38. The van der Waals surface area contributed by atoms with Crippen LogP contribution in [0.2, 0.25) is 3.93 Å². The number of rotatable bonds is 4. The summed E-state index contributed by atoms with van der Waals surface area (Å²) >= 11 is -3.38. The molecule has 1 saturated carbocycles. The van der Waals surface area contributed by atoms with Crippen molar-refractivity contribution < 1.29 is 9.78 Å². The van der Waals surface area contributed by atoms with E-state index in [1.54, 1.807) is 0 Å². The van der Waals surface area contributed by atoms with Gasteiger partial charge in [-0.1, -0.05) is 0 Å². The molecule has 1 saturated heterocycles. The van der Waals surface area contributed by atoms with Crippen LogP contribution in [0.4, 0.5) is 0 Å². The molecule has 0 aromatic heterocycles. The molecule has 3 atom stereocenters. The molecule has 1 aliphatic carbocycles. The van der Waals surface area contributed by atoms with Crippen LogP contribution in [0, 0.1) is 0 Å². The zero-order valence-corrected chi connectivity index (χ0v) is 18.2. The van der Waals surface area contributed by atoms with E-state index in [1.807, 2.05) is 0 Å². The van der Waals surface area contributed by atoms with Gasteiger partial charge in [-0.15, -0.1) is 0 Å². The average molecular weight is 463 g/mol. The Kier molecular flexibility index (Phi) is 4.80. The van der Waals surface area contributed by atoms with E-state index in [4.69, 9.17) is 9.78 Å². The maximum atomic E-state index is 5.91. The first-order valence-corrected chi connectivity index (χ1v) is 15.8. The Morgan fingerprint density at radius 3 is 1.30 bits per heavy atom. The Morgan fingerprint density at radius 2 is 0.926 bits per heavy atom. The third-order valence-corrected chi connectivity index (χ3v) is 21.9. The van der Waals surface area contributed by atoms with Crippen LogP contribution >= 0.6 is 0 Å². The van der Waals surface area contributed by atoms with Gasteiger partial charge in [-0.05, 0) is 0 Å². The van der Waals surface area contributed by atoms with Gasteiger partial charge in [0.15, 0.2) is 0 Å². The van der Waals surface area contributed by atoms with Crippen LogP contribution in [0.5, 0.6) is 0 Å². The molecule has 1 heterocycles. The van der Waals surface area contributed by atoms with Gasteiger partial charge < -0.3 is 0 Å². The van der Waals surface area contributed by atoms with Gasteiger partial charge >= 0.3 is 165 Å². The quantitative estimate of drug-likeness (QED) is 0.437. The van der Waals surface area contributed by atoms with E-state index in [-0.39, 0.29) is 12.2 Å². The summed E-state index contributed by atoms with van der Waals surface area (Å²) in [7, 11) is 0. The molecule has 27 heavy (non-hydrogen) atoms. The average Bonchev–Trinajstić information content (AvgIpc) is 3.00. The fourth-order valence-electron chi connectivity index (χ4n) is 5.22. The van der Waals surface area contributed by atoms with Gasteiger partial charge in [0.2, 0.25) is 0 Å². The fourth-order valence-corrected chi connectivity index (χ4v) is 22.0. The third kappa shape index (κ3) is 2.86. The number of hydrogen-bond acceptors (Lipinski definition) is 2. The molecule has 3 aromatic rings. The van der Waals surface area contributed by atoms with Crippen LogP contribution in [-0.2, 0) is 9.78 Å². The second-order valence-corrected chi connectivity index (χ2v) is 19.1. The fraction of sp³-hybridized carbons (Fsp3) is 0.250. The Labute approximate surface area is 164 Å². The van der Waals surface area contributed by atoms with Crippen LogP contribution in [0.1, 0.15) is 19.3 Å². The van der Waals surface area contributed by atoms with Crippen molar-refractivity contribution in [1.82, 2.24) is 0 Å². The van der Waals surface area contributed by atoms with E-state index in [0.29, 0.717) is 3.93 Å². The number of fused-ring (bicyclic) bond motifs is 2. The molecular formula is C24H24O2Sn. The molecule has 0 N–H and O–H groups in total. The van der Waals surface area contributed by atoms with Gasteiger partial charge in [-0.2, -0.15) is 0 Å². The summed E-state index contributed by atoms with van der Waals surface area (Å²) in [6.07, 6.45) is 3.82. The summed E-state index contributed by atoms with van der Waals surface area (Å²) in [5.41, 5.74) is 0. The van der Waals surface area contributed by atoms with Crippen LogP contribution in [0.3, 0.4) is 0 Å². The number of benzene rings is 3. The van der Waals surface area contributed by atoms with E-state index in [9.17, 15) is 0 Å². The summed E-state index contributed by atoms with van der Waals surface area (Å²) in [5, 5.41) is 0. The molecule has 136 valence electrons. The van der Waals surface area contributed by atoms with Gasteiger partial charge in [0.25, 0.3) is 0 Å². The van der Waals surface area contributed by atoms with Crippen molar-refractivity contribution in [3.8, 4) is 0 Å². The molecule has 2 bridgehead atoms. The van der Waals surface area contributed by atoms with Crippen LogP contribution in [-0.4, -0.2) is 30.6 Å². The molecule has 2 nitrogen and oxygen atoms in total. The molecular weight excluding hydrogens is 439 g/mol. The second kappa shape index (κ2) is 7.42.